The number of hydrogen-bond acceptors (Lipinski definition) is 6. The van der Waals surface area contributed by atoms with Crippen LogP contribution in [-0.4, -0.2) is 29.1 Å². The summed E-state index contributed by atoms with van der Waals surface area (Å²) in [6.07, 6.45) is 2.34. The van der Waals surface area contributed by atoms with Crippen molar-refractivity contribution >= 4 is 34.9 Å². The molecule has 0 unspecified atom stereocenters. The fourth-order valence-electron chi connectivity index (χ4n) is 1.75. The third-order valence-electron chi connectivity index (χ3n) is 2.76. The van der Waals surface area contributed by atoms with E-state index in [1.807, 2.05) is 12.1 Å². The number of aromatic nitrogens is 2. The lowest BCUT2D eigenvalue weighted by Gasteiger charge is -2.07. The predicted octanol–water partition coefficient (Wildman–Crippen LogP) is 3.33. The number of carbonyl (C=O) groups excluding carboxylic acids is 1. The first-order valence-electron chi connectivity index (χ1n) is 6.59. The maximum Gasteiger partial charge on any atom is 0.341 e. The van der Waals surface area contributed by atoms with Gasteiger partial charge in [-0.05, 0) is 32.4 Å². The fourth-order valence-corrected chi connectivity index (χ4v) is 2.83. The van der Waals surface area contributed by atoms with Gasteiger partial charge in [-0.2, -0.15) is 0 Å². The van der Waals surface area contributed by atoms with Gasteiger partial charge in [0.15, 0.2) is 0 Å². The van der Waals surface area contributed by atoms with E-state index in [0.717, 1.165) is 10.8 Å². The van der Waals surface area contributed by atoms with Gasteiger partial charge in [-0.3, -0.25) is 0 Å². The van der Waals surface area contributed by atoms with Crippen molar-refractivity contribution in [3.05, 3.63) is 38.8 Å². The summed E-state index contributed by atoms with van der Waals surface area (Å²) in [5.74, 6) is 0.109. The van der Waals surface area contributed by atoms with Gasteiger partial charge >= 0.3 is 5.97 Å². The molecule has 2 heterocycles. The SMILES string of the molecule is CCOC(=O)c1cnc(NCCc2ccc(Cl)s2)nc1C. The molecule has 0 atom stereocenters. The summed E-state index contributed by atoms with van der Waals surface area (Å²) in [7, 11) is 0. The second-order valence-corrected chi connectivity index (χ2v) is 6.10. The average Bonchev–Trinajstić information content (AvgIpc) is 2.85. The lowest BCUT2D eigenvalue weighted by atomic mass is 10.2. The van der Waals surface area contributed by atoms with Crippen molar-refractivity contribution in [1.29, 1.82) is 0 Å². The number of rotatable bonds is 6. The highest BCUT2D eigenvalue weighted by molar-refractivity contribution is 7.16. The second kappa shape index (κ2) is 7.38. The minimum Gasteiger partial charge on any atom is -0.462 e. The Hall–Kier alpha value is -1.66. The summed E-state index contributed by atoms with van der Waals surface area (Å²) in [6, 6.07) is 3.89. The molecule has 0 aliphatic rings. The third kappa shape index (κ3) is 4.41. The molecule has 0 amide bonds. The van der Waals surface area contributed by atoms with Crippen LogP contribution in [-0.2, 0) is 11.2 Å². The van der Waals surface area contributed by atoms with Gasteiger partial charge in [-0.15, -0.1) is 11.3 Å². The van der Waals surface area contributed by atoms with Crippen LogP contribution in [0.5, 0.6) is 0 Å². The second-order valence-electron chi connectivity index (χ2n) is 4.30. The van der Waals surface area contributed by atoms with Crippen molar-refractivity contribution in [2.45, 2.75) is 20.3 Å². The number of ether oxygens (including phenoxy) is 1. The summed E-state index contributed by atoms with van der Waals surface area (Å²) in [4.78, 5) is 21.2. The molecule has 0 saturated carbocycles. The molecule has 2 aromatic rings. The number of anilines is 1. The molecule has 5 nitrogen and oxygen atoms in total. The van der Waals surface area contributed by atoms with Crippen molar-refractivity contribution in [3.8, 4) is 0 Å². The molecule has 21 heavy (non-hydrogen) atoms. The summed E-state index contributed by atoms with van der Waals surface area (Å²) < 4.78 is 5.73. The lowest BCUT2D eigenvalue weighted by Crippen LogP contribution is -2.12. The maximum absolute atomic E-state index is 11.6. The highest BCUT2D eigenvalue weighted by Gasteiger charge is 2.12. The average molecular weight is 326 g/mol. The Morgan fingerprint density at radius 1 is 1.48 bits per heavy atom. The largest absolute Gasteiger partial charge is 0.462 e. The molecule has 112 valence electrons. The molecule has 0 aliphatic heterocycles. The molecular weight excluding hydrogens is 310 g/mol. The number of carbonyl (C=O) groups is 1. The summed E-state index contributed by atoms with van der Waals surface area (Å²) >= 11 is 7.44. The quantitative estimate of drug-likeness (QED) is 0.825. The topological polar surface area (TPSA) is 64.1 Å². The van der Waals surface area contributed by atoms with Gasteiger partial charge in [0.1, 0.15) is 0 Å². The molecule has 0 fully saturated rings. The summed E-state index contributed by atoms with van der Waals surface area (Å²) in [6.45, 7) is 4.57. The van der Waals surface area contributed by atoms with Crippen LogP contribution in [0.3, 0.4) is 0 Å². The monoisotopic (exact) mass is 325 g/mol. The number of hydrogen-bond donors (Lipinski definition) is 1. The highest BCUT2D eigenvalue weighted by atomic mass is 35.5. The predicted molar refractivity (Wildman–Crippen MR) is 84.2 cm³/mol. The van der Waals surface area contributed by atoms with E-state index in [-0.39, 0.29) is 0 Å². The first-order valence-corrected chi connectivity index (χ1v) is 7.78. The number of halogens is 1. The normalized spacial score (nSPS) is 10.4. The lowest BCUT2D eigenvalue weighted by molar-refractivity contribution is 0.0524. The number of nitrogens with zero attached hydrogens (tertiary/aromatic N) is 2. The smallest absolute Gasteiger partial charge is 0.341 e. The minimum absolute atomic E-state index is 0.335. The first-order chi connectivity index (χ1) is 10.1. The van der Waals surface area contributed by atoms with Gasteiger partial charge in [0.25, 0.3) is 0 Å². The Kier molecular flexibility index (Phi) is 5.52. The van der Waals surface area contributed by atoms with Crippen LogP contribution in [0.1, 0.15) is 27.9 Å². The van der Waals surface area contributed by atoms with Gasteiger partial charge in [-0.25, -0.2) is 14.8 Å². The Balaban J connectivity index is 1.92. The van der Waals surface area contributed by atoms with Crippen molar-refractivity contribution in [3.63, 3.8) is 0 Å². The number of thiophene rings is 1. The van der Waals surface area contributed by atoms with Gasteiger partial charge in [0, 0.05) is 17.6 Å². The molecule has 1 N–H and O–H groups in total. The molecular formula is C14H16ClN3O2S. The summed E-state index contributed by atoms with van der Waals surface area (Å²) in [5.41, 5.74) is 0.998. The molecule has 0 aromatic carbocycles. The van der Waals surface area contributed by atoms with E-state index < -0.39 is 5.97 Å². The Morgan fingerprint density at radius 2 is 2.29 bits per heavy atom. The van der Waals surface area contributed by atoms with Crippen LogP contribution in [0.2, 0.25) is 4.34 Å². The van der Waals surface area contributed by atoms with Gasteiger partial charge < -0.3 is 10.1 Å². The maximum atomic E-state index is 11.6. The zero-order chi connectivity index (χ0) is 15.2. The number of nitrogens with one attached hydrogen (secondary N) is 1. The zero-order valence-corrected chi connectivity index (χ0v) is 13.4. The summed E-state index contributed by atoms with van der Waals surface area (Å²) in [5, 5.41) is 3.13. The van der Waals surface area contributed by atoms with Crippen LogP contribution >= 0.6 is 22.9 Å². The minimum atomic E-state index is -0.394. The van der Waals surface area contributed by atoms with Gasteiger partial charge in [-0.1, -0.05) is 11.6 Å². The molecule has 2 aromatic heterocycles. The van der Waals surface area contributed by atoms with Gasteiger partial charge in [0.05, 0.1) is 22.2 Å². The fraction of sp³-hybridized carbons (Fsp3) is 0.357. The zero-order valence-electron chi connectivity index (χ0n) is 11.9. The standard InChI is InChI=1S/C14H16ClN3O2S/c1-3-20-13(19)11-8-17-14(18-9(11)2)16-7-6-10-4-5-12(15)21-10/h4-5,8H,3,6-7H2,1-2H3,(H,16,17,18). The van der Waals surface area contributed by atoms with E-state index in [4.69, 9.17) is 16.3 Å². The van der Waals surface area contributed by atoms with Crippen LogP contribution in [0.25, 0.3) is 0 Å². The molecule has 7 heteroatoms. The van der Waals surface area contributed by atoms with E-state index in [1.54, 1.807) is 25.2 Å². The molecule has 0 saturated heterocycles. The van der Waals surface area contributed by atoms with Crippen molar-refractivity contribution in [1.82, 2.24) is 9.97 Å². The first kappa shape index (κ1) is 15.7. The van der Waals surface area contributed by atoms with E-state index >= 15 is 0 Å². The van der Waals surface area contributed by atoms with Crippen LogP contribution in [0.4, 0.5) is 5.95 Å². The molecule has 0 radical (unpaired) electrons. The van der Waals surface area contributed by atoms with Crippen molar-refractivity contribution < 1.29 is 9.53 Å². The number of esters is 1. The molecule has 0 bridgehead atoms. The molecule has 2 rings (SSSR count). The number of aryl methyl sites for hydroxylation is 1. The van der Waals surface area contributed by atoms with E-state index in [0.29, 0.717) is 30.4 Å². The Bertz CT molecular complexity index is 630. The van der Waals surface area contributed by atoms with E-state index in [9.17, 15) is 4.79 Å². The van der Waals surface area contributed by atoms with E-state index in [1.165, 1.54) is 11.1 Å². The van der Waals surface area contributed by atoms with Crippen molar-refractivity contribution in [2.24, 2.45) is 0 Å². The van der Waals surface area contributed by atoms with Crippen LogP contribution in [0, 0.1) is 6.92 Å². The van der Waals surface area contributed by atoms with Crippen LogP contribution < -0.4 is 5.32 Å². The highest BCUT2D eigenvalue weighted by Crippen LogP contribution is 2.21. The Labute approximate surface area is 132 Å². The van der Waals surface area contributed by atoms with Crippen LogP contribution in [0.15, 0.2) is 18.3 Å². The van der Waals surface area contributed by atoms with Crippen molar-refractivity contribution in [2.75, 3.05) is 18.5 Å². The van der Waals surface area contributed by atoms with E-state index in [2.05, 4.69) is 15.3 Å². The third-order valence-corrected chi connectivity index (χ3v) is 4.05. The molecule has 0 aliphatic carbocycles. The molecule has 0 spiro atoms. The van der Waals surface area contributed by atoms with Gasteiger partial charge in [0.2, 0.25) is 5.95 Å². The Morgan fingerprint density at radius 3 is 2.90 bits per heavy atom.